The standard InChI is InChI=1S/C12H8F2INO2S/c13-8-5-9(14)7-10(6-8)19(17,18)16-12-4-2-1-3-11(12)15/h1-7,16H. The van der Waals surface area contributed by atoms with Crippen LogP contribution in [0.1, 0.15) is 0 Å². The molecule has 1 N–H and O–H groups in total. The molecule has 0 fully saturated rings. The van der Waals surface area contributed by atoms with E-state index in [1.807, 2.05) is 22.6 Å². The van der Waals surface area contributed by atoms with Crippen molar-refractivity contribution in [3.8, 4) is 0 Å². The molecule has 2 aromatic rings. The fraction of sp³-hybridized carbons (Fsp3) is 0. The predicted molar refractivity (Wildman–Crippen MR) is 76.3 cm³/mol. The normalized spacial score (nSPS) is 11.3. The molecule has 0 radical (unpaired) electrons. The zero-order valence-corrected chi connectivity index (χ0v) is 12.4. The van der Waals surface area contributed by atoms with Gasteiger partial charge in [0.15, 0.2) is 0 Å². The van der Waals surface area contributed by atoms with Crippen molar-refractivity contribution in [1.29, 1.82) is 0 Å². The Balaban J connectivity index is 2.41. The molecule has 0 aliphatic rings. The van der Waals surface area contributed by atoms with Gasteiger partial charge in [-0.05, 0) is 46.9 Å². The van der Waals surface area contributed by atoms with Crippen LogP contribution in [0, 0.1) is 15.2 Å². The maximum atomic E-state index is 13.0. The highest BCUT2D eigenvalue weighted by Crippen LogP contribution is 2.22. The summed E-state index contributed by atoms with van der Waals surface area (Å²) in [5, 5.41) is 0. The Kier molecular flexibility index (Phi) is 4.04. The van der Waals surface area contributed by atoms with Crippen LogP contribution < -0.4 is 4.72 Å². The third kappa shape index (κ3) is 3.41. The first-order valence-corrected chi connectivity index (χ1v) is 7.68. The molecule has 0 saturated carbocycles. The molecule has 0 aliphatic heterocycles. The molecule has 0 unspecified atom stereocenters. The second-order valence-electron chi connectivity index (χ2n) is 3.69. The SMILES string of the molecule is O=S(=O)(Nc1ccccc1I)c1cc(F)cc(F)c1. The number of sulfonamides is 1. The minimum Gasteiger partial charge on any atom is -0.279 e. The molecule has 3 nitrogen and oxygen atoms in total. The van der Waals surface area contributed by atoms with Crippen LogP contribution in [0.25, 0.3) is 0 Å². The Morgan fingerprint density at radius 2 is 1.58 bits per heavy atom. The Morgan fingerprint density at radius 1 is 1.00 bits per heavy atom. The van der Waals surface area contributed by atoms with Crippen LogP contribution in [-0.2, 0) is 10.0 Å². The van der Waals surface area contributed by atoms with E-state index in [1.165, 1.54) is 0 Å². The molecular formula is C12H8F2INO2S. The smallest absolute Gasteiger partial charge is 0.262 e. The first-order valence-electron chi connectivity index (χ1n) is 5.12. The average Bonchev–Trinajstić information content (AvgIpc) is 2.31. The number of halogens is 3. The highest BCUT2D eigenvalue weighted by molar-refractivity contribution is 14.1. The van der Waals surface area contributed by atoms with Crippen molar-refractivity contribution in [3.05, 3.63) is 57.7 Å². The van der Waals surface area contributed by atoms with E-state index >= 15 is 0 Å². The van der Waals surface area contributed by atoms with Crippen LogP contribution in [0.5, 0.6) is 0 Å². The Morgan fingerprint density at radius 3 is 2.16 bits per heavy atom. The van der Waals surface area contributed by atoms with Crippen molar-refractivity contribution >= 4 is 38.3 Å². The summed E-state index contributed by atoms with van der Waals surface area (Å²) in [5.74, 6) is -1.88. The summed E-state index contributed by atoms with van der Waals surface area (Å²) >= 11 is 1.96. The van der Waals surface area contributed by atoms with Gasteiger partial charge >= 0.3 is 0 Å². The van der Waals surface area contributed by atoms with Crippen molar-refractivity contribution in [2.75, 3.05) is 4.72 Å². The Labute approximate surface area is 122 Å². The van der Waals surface area contributed by atoms with E-state index in [0.717, 1.165) is 12.1 Å². The summed E-state index contributed by atoms with van der Waals surface area (Å²) in [6.45, 7) is 0. The number of para-hydroxylation sites is 1. The fourth-order valence-electron chi connectivity index (χ4n) is 1.43. The van der Waals surface area contributed by atoms with E-state index in [2.05, 4.69) is 4.72 Å². The summed E-state index contributed by atoms with van der Waals surface area (Å²) < 4.78 is 53.1. The van der Waals surface area contributed by atoms with E-state index in [1.54, 1.807) is 24.3 Å². The van der Waals surface area contributed by atoms with Crippen LogP contribution in [0.3, 0.4) is 0 Å². The molecule has 0 saturated heterocycles. The number of hydrogen-bond donors (Lipinski definition) is 1. The van der Waals surface area contributed by atoms with Crippen molar-refractivity contribution < 1.29 is 17.2 Å². The van der Waals surface area contributed by atoms with E-state index < -0.39 is 26.6 Å². The fourth-order valence-corrected chi connectivity index (χ4v) is 3.26. The second kappa shape index (κ2) is 5.41. The van der Waals surface area contributed by atoms with Gasteiger partial charge in [-0.3, -0.25) is 4.72 Å². The zero-order valence-electron chi connectivity index (χ0n) is 9.40. The molecule has 0 atom stereocenters. The van der Waals surface area contributed by atoms with Gasteiger partial charge in [0, 0.05) is 9.64 Å². The lowest BCUT2D eigenvalue weighted by Gasteiger charge is -2.09. The molecule has 0 aliphatic carbocycles. The lowest BCUT2D eigenvalue weighted by molar-refractivity contribution is 0.568. The highest BCUT2D eigenvalue weighted by atomic mass is 127. The van der Waals surface area contributed by atoms with Crippen LogP contribution in [0.2, 0.25) is 0 Å². The molecule has 19 heavy (non-hydrogen) atoms. The van der Waals surface area contributed by atoms with Gasteiger partial charge in [0.05, 0.1) is 10.6 Å². The van der Waals surface area contributed by atoms with E-state index in [4.69, 9.17) is 0 Å². The maximum absolute atomic E-state index is 13.0. The summed E-state index contributed by atoms with van der Waals surface area (Å²) in [4.78, 5) is -0.454. The molecule has 0 aromatic heterocycles. The van der Waals surface area contributed by atoms with E-state index in [9.17, 15) is 17.2 Å². The highest BCUT2D eigenvalue weighted by Gasteiger charge is 2.17. The average molecular weight is 395 g/mol. The van der Waals surface area contributed by atoms with Crippen LogP contribution in [-0.4, -0.2) is 8.42 Å². The molecule has 0 bridgehead atoms. The van der Waals surface area contributed by atoms with Gasteiger partial charge in [0.1, 0.15) is 11.6 Å². The Bertz CT molecular complexity index is 699. The minimum atomic E-state index is -4.02. The number of benzene rings is 2. The number of rotatable bonds is 3. The zero-order chi connectivity index (χ0) is 14.0. The predicted octanol–water partition coefficient (Wildman–Crippen LogP) is 3.37. The third-order valence-electron chi connectivity index (χ3n) is 2.26. The molecule has 2 aromatic carbocycles. The van der Waals surface area contributed by atoms with E-state index in [-0.39, 0.29) is 0 Å². The first-order chi connectivity index (χ1) is 8.88. The van der Waals surface area contributed by atoms with Crippen molar-refractivity contribution in [2.45, 2.75) is 4.90 Å². The van der Waals surface area contributed by atoms with Crippen LogP contribution >= 0.6 is 22.6 Å². The lowest BCUT2D eigenvalue weighted by atomic mass is 10.3. The van der Waals surface area contributed by atoms with Gasteiger partial charge in [-0.25, -0.2) is 17.2 Å². The molecule has 2 rings (SSSR count). The van der Waals surface area contributed by atoms with Crippen LogP contribution in [0.15, 0.2) is 47.4 Å². The quantitative estimate of drug-likeness (QED) is 0.811. The lowest BCUT2D eigenvalue weighted by Crippen LogP contribution is -2.14. The summed E-state index contributed by atoms with van der Waals surface area (Å²) in [6.07, 6.45) is 0. The van der Waals surface area contributed by atoms with Crippen molar-refractivity contribution in [1.82, 2.24) is 0 Å². The largest absolute Gasteiger partial charge is 0.279 e. The van der Waals surface area contributed by atoms with Gasteiger partial charge in [0.25, 0.3) is 10.0 Å². The summed E-state index contributed by atoms with van der Waals surface area (Å²) in [6, 6.07) is 8.83. The summed E-state index contributed by atoms with van der Waals surface area (Å²) in [7, 11) is -4.02. The number of hydrogen-bond acceptors (Lipinski definition) is 2. The Hall–Kier alpha value is -1.22. The molecule has 0 amide bonds. The van der Waals surface area contributed by atoms with E-state index in [0.29, 0.717) is 15.3 Å². The van der Waals surface area contributed by atoms with Gasteiger partial charge in [-0.2, -0.15) is 0 Å². The first kappa shape index (κ1) is 14.2. The van der Waals surface area contributed by atoms with Gasteiger partial charge in [0.2, 0.25) is 0 Å². The minimum absolute atomic E-state index is 0.354. The van der Waals surface area contributed by atoms with Crippen LogP contribution in [0.4, 0.5) is 14.5 Å². The molecule has 0 heterocycles. The molecule has 7 heteroatoms. The van der Waals surface area contributed by atoms with Gasteiger partial charge in [-0.15, -0.1) is 0 Å². The van der Waals surface area contributed by atoms with Crippen molar-refractivity contribution in [3.63, 3.8) is 0 Å². The van der Waals surface area contributed by atoms with Crippen molar-refractivity contribution in [2.24, 2.45) is 0 Å². The third-order valence-corrected chi connectivity index (χ3v) is 4.55. The number of anilines is 1. The topological polar surface area (TPSA) is 46.2 Å². The number of nitrogens with one attached hydrogen (secondary N) is 1. The second-order valence-corrected chi connectivity index (χ2v) is 6.54. The summed E-state index contributed by atoms with van der Waals surface area (Å²) in [5.41, 5.74) is 0.354. The molecular weight excluding hydrogens is 387 g/mol. The van der Waals surface area contributed by atoms with Gasteiger partial charge < -0.3 is 0 Å². The molecule has 100 valence electrons. The van der Waals surface area contributed by atoms with Gasteiger partial charge in [-0.1, -0.05) is 12.1 Å². The monoisotopic (exact) mass is 395 g/mol. The molecule has 0 spiro atoms. The maximum Gasteiger partial charge on any atom is 0.262 e.